The van der Waals surface area contributed by atoms with Gasteiger partial charge in [0.1, 0.15) is 5.82 Å². The van der Waals surface area contributed by atoms with Crippen LogP contribution in [-0.2, 0) is 0 Å². The molecule has 1 fully saturated rings. The fourth-order valence-electron chi connectivity index (χ4n) is 2.56. The van der Waals surface area contributed by atoms with Crippen LogP contribution >= 0.6 is 11.6 Å². The molecule has 5 heteroatoms. The van der Waals surface area contributed by atoms with Crippen LogP contribution in [0.5, 0.6) is 0 Å². The van der Waals surface area contributed by atoms with Crippen LogP contribution in [0.15, 0.2) is 18.2 Å². The molecule has 0 unspecified atom stereocenters. The van der Waals surface area contributed by atoms with E-state index in [2.05, 4.69) is 17.1 Å². The van der Waals surface area contributed by atoms with Gasteiger partial charge in [-0.15, -0.1) is 0 Å². The molecule has 0 radical (unpaired) electrons. The van der Waals surface area contributed by atoms with Crippen LogP contribution in [0.4, 0.5) is 4.39 Å². The average molecular weight is 313 g/mol. The fourth-order valence-corrected chi connectivity index (χ4v) is 2.81. The first kappa shape index (κ1) is 16.2. The van der Waals surface area contributed by atoms with Crippen molar-refractivity contribution < 1.29 is 9.18 Å². The van der Waals surface area contributed by atoms with Gasteiger partial charge < -0.3 is 10.2 Å². The van der Waals surface area contributed by atoms with Gasteiger partial charge in [0.25, 0.3) is 5.91 Å². The molecule has 1 amide bonds. The largest absolute Gasteiger partial charge is 0.352 e. The fraction of sp³-hybridized carbons (Fsp3) is 0.562. The molecule has 21 heavy (non-hydrogen) atoms. The second kappa shape index (κ2) is 7.76. The summed E-state index contributed by atoms with van der Waals surface area (Å²) < 4.78 is 12.9. The summed E-state index contributed by atoms with van der Waals surface area (Å²) in [6.07, 6.45) is 3.44. The van der Waals surface area contributed by atoms with E-state index in [1.807, 2.05) is 0 Å². The molecule has 116 valence electrons. The highest BCUT2D eigenvalue weighted by Gasteiger charge is 2.15. The van der Waals surface area contributed by atoms with Crippen LogP contribution < -0.4 is 5.32 Å². The number of hydrogen-bond acceptors (Lipinski definition) is 2. The third-order valence-corrected chi connectivity index (χ3v) is 4.30. The van der Waals surface area contributed by atoms with Gasteiger partial charge in [-0.3, -0.25) is 4.79 Å². The maximum atomic E-state index is 12.9. The minimum absolute atomic E-state index is 0.150. The Morgan fingerprint density at radius 3 is 2.81 bits per heavy atom. The third kappa shape index (κ3) is 4.97. The average Bonchev–Trinajstić information content (AvgIpc) is 2.45. The zero-order valence-electron chi connectivity index (χ0n) is 12.4. The lowest BCUT2D eigenvalue weighted by Gasteiger charge is -2.30. The molecule has 0 aliphatic carbocycles. The molecule has 0 atom stereocenters. The van der Waals surface area contributed by atoms with Gasteiger partial charge >= 0.3 is 0 Å². The molecule has 1 N–H and O–H groups in total. The molecule has 1 saturated heterocycles. The van der Waals surface area contributed by atoms with Crippen LogP contribution in [0.3, 0.4) is 0 Å². The number of piperidine rings is 1. The van der Waals surface area contributed by atoms with Gasteiger partial charge in [0, 0.05) is 6.54 Å². The van der Waals surface area contributed by atoms with Crippen molar-refractivity contribution in [2.24, 2.45) is 5.92 Å². The molecule has 0 spiro atoms. The molecule has 0 aromatic heterocycles. The highest BCUT2D eigenvalue weighted by Crippen LogP contribution is 2.17. The topological polar surface area (TPSA) is 32.3 Å². The molecule has 1 aliphatic rings. The number of amides is 1. The Labute approximate surface area is 130 Å². The quantitative estimate of drug-likeness (QED) is 0.846. The SMILES string of the molecule is CC1CCN(CCCNC(=O)c2ccc(F)cc2Cl)CC1. The van der Waals surface area contributed by atoms with Crippen LogP contribution in [0.1, 0.15) is 36.5 Å². The zero-order chi connectivity index (χ0) is 15.2. The van der Waals surface area contributed by atoms with Gasteiger partial charge in [-0.25, -0.2) is 4.39 Å². The smallest absolute Gasteiger partial charge is 0.252 e. The van der Waals surface area contributed by atoms with Gasteiger partial charge in [0.15, 0.2) is 0 Å². The Bertz CT molecular complexity index is 487. The minimum atomic E-state index is -0.434. The van der Waals surface area contributed by atoms with Crippen molar-refractivity contribution in [1.82, 2.24) is 10.2 Å². The zero-order valence-corrected chi connectivity index (χ0v) is 13.1. The van der Waals surface area contributed by atoms with Crippen LogP contribution in [0.25, 0.3) is 0 Å². The number of carbonyl (C=O) groups excluding carboxylic acids is 1. The van der Waals surface area contributed by atoms with Crippen molar-refractivity contribution in [3.63, 3.8) is 0 Å². The molecule has 1 aliphatic heterocycles. The van der Waals surface area contributed by atoms with E-state index in [1.165, 1.54) is 25.0 Å². The standard InChI is InChI=1S/C16H22ClFN2O/c1-12-5-9-20(10-6-12)8-2-7-19-16(21)14-4-3-13(18)11-15(14)17/h3-4,11-12H,2,5-10H2,1H3,(H,19,21). The summed E-state index contributed by atoms with van der Waals surface area (Å²) in [5, 5.41) is 2.99. The Morgan fingerprint density at radius 2 is 2.14 bits per heavy atom. The molecular weight excluding hydrogens is 291 g/mol. The predicted molar refractivity (Wildman–Crippen MR) is 83.2 cm³/mol. The van der Waals surface area contributed by atoms with Gasteiger partial charge in [-0.1, -0.05) is 18.5 Å². The van der Waals surface area contributed by atoms with Crippen molar-refractivity contribution >= 4 is 17.5 Å². The van der Waals surface area contributed by atoms with Crippen molar-refractivity contribution in [2.75, 3.05) is 26.2 Å². The number of nitrogens with zero attached hydrogens (tertiary/aromatic N) is 1. The normalized spacial score (nSPS) is 16.9. The van der Waals surface area contributed by atoms with Gasteiger partial charge in [-0.05, 0) is 63.0 Å². The maximum Gasteiger partial charge on any atom is 0.252 e. The second-order valence-electron chi connectivity index (χ2n) is 5.76. The first-order chi connectivity index (χ1) is 10.1. The molecule has 1 heterocycles. The maximum absolute atomic E-state index is 12.9. The van der Waals surface area contributed by atoms with E-state index >= 15 is 0 Å². The predicted octanol–water partition coefficient (Wildman–Crippen LogP) is 3.33. The van der Waals surface area contributed by atoms with Crippen molar-refractivity contribution in [1.29, 1.82) is 0 Å². The Morgan fingerprint density at radius 1 is 1.43 bits per heavy atom. The highest BCUT2D eigenvalue weighted by atomic mass is 35.5. The lowest BCUT2D eigenvalue weighted by atomic mass is 9.99. The number of nitrogens with one attached hydrogen (secondary N) is 1. The van der Waals surface area contributed by atoms with Crippen LogP contribution in [0.2, 0.25) is 5.02 Å². The van der Waals surface area contributed by atoms with E-state index in [0.29, 0.717) is 12.1 Å². The van der Waals surface area contributed by atoms with Crippen molar-refractivity contribution in [2.45, 2.75) is 26.2 Å². The van der Waals surface area contributed by atoms with Crippen molar-refractivity contribution in [3.05, 3.63) is 34.6 Å². The summed E-state index contributed by atoms with van der Waals surface area (Å²) in [4.78, 5) is 14.4. The first-order valence-electron chi connectivity index (χ1n) is 7.52. The van der Waals surface area contributed by atoms with E-state index in [-0.39, 0.29) is 10.9 Å². The van der Waals surface area contributed by atoms with Gasteiger partial charge in [-0.2, -0.15) is 0 Å². The summed E-state index contributed by atoms with van der Waals surface area (Å²) in [5.74, 6) is 0.157. The Balaban J connectivity index is 1.69. The molecule has 0 saturated carbocycles. The molecule has 1 aromatic carbocycles. The first-order valence-corrected chi connectivity index (χ1v) is 7.89. The second-order valence-corrected chi connectivity index (χ2v) is 6.16. The van der Waals surface area contributed by atoms with E-state index < -0.39 is 5.82 Å². The minimum Gasteiger partial charge on any atom is -0.352 e. The summed E-state index contributed by atoms with van der Waals surface area (Å²) >= 11 is 5.86. The number of rotatable bonds is 5. The lowest BCUT2D eigenvalue weighted by Crippen LogP contribution is -2.35. The lowest BCUT2D eigenvalue weighted by molar-refractivity contribution is 0.0950. The Hall–Kier alpha value is -1.13. The number of halogens is 2. The number of likely N-dealkylation sites (tertiary alicyclic amines) is 1. The summed E-state index contributed by atoms with van der Waals surface area (Å²) in [6, 6.07) is 3.82. The molecule has 3 nitrogen and oxygen atoms in total. The van der Waals surface area contributed by atoms with E-state index in [0.717, 1.165) is 38.0 Å². The highest BCUT2D eigenvalue weighted by molar-refractivity contribution is 6.33. The van der Waals surface area contributed by atoms with Gasteiger partial charge in [0.2, 0.25) is 0 Å². The number of benzene rings is 1. The summed E-state index contributed by atoms with van der Waals surface area (Å²) in [6.45, 7) is 6.21. The Kier molecular flexibility index (Phi) is 6.00. The molecular formula is C16H22ClFN2O. The molecule has 1 aromatic rings. The van der Waals surface area contributed by atoms with E-state index in [1.54, 1.807) is 0 Å². The monoisotopic (exact) mass is 312 g/mol. The van der Waals surface area contributed by atoms with E-state index in [9.17, 15) is 9.18 Å². The van der Waals surface area contributed by atoms with Crippen LogP contribution in [0, 0.1) is 11.7 Å². The number of carbonyl (C=O) groups is 1. The molecule has 0 bridgehead atoms. The van der Waals surface area contributed by atoms with E-state index in [4.69, 9.17) is 11.6 Å². The summed E-state index contributed by atoms with van der Waals surface area (Å²) in [7, 11) is 0. The van der Waals surface area contributed by atoms with Gasteiger partial charge in [0.05, 0.1) is 10.6 Å². The molecule has 2 rings (SSSR count). The third-order valence-electron chi connectivity index (χ3n) is 3.99. The summed E-state index contributed by atoms with van der Waals surface area (Å²) in [5.41, 5.74) is 0.324. The van der Waals surface area contributed by atoms with Crippen molar-refractivity contribution in [3.8, 4) is 0 Å². The van der Waals surface area contributed by atoms with Crippen LogP contribution in [-0.4, -0.2) is 37.0 Å². The number of hydrogen-bond donors (Lipinski definition) is 1.